The van der Waals surface area contributed by atoms with Crippen LogP contribution in [0.5, 0.6) is 0 Å². The minimum atomic E-state index is 0.0874. The Labute approximate surface area is 128 Å². The Balaban J connectivity index is 1.85. The summed E-state index contributed by atoms with van der Waals surface area (Å²) in [7, 11) is 0. The Bertz CT molecular complexity index is 470. The molecule has 0 radical (unpaired) electrons. The molecule has 0 atom stereocenters. The molecule has 3 nitrogen and oxygen atoms in total. The molecule has 1 fully saturated rings. The van der Waals surface area contributed by atoms with E-state index in [1.165, 1.54) is 5.56 Å². The van der Waals surface area contributed by atoms with Crippen LogP contribution in [-0.4, -0.2) is 43.5 Å². The van der Waals surface area contributed by atoms with Crippen molar-refractivity contribution in [2.24, 2.45) is 0 Å². The van der Waals surface area contributed by atoms with Crippen LogP contribution in [0.3, 0.4) is 0 Å². The van der Waals surface area contributed by atoms with E-state index in [2.05, 4.69) is 37.8 Å². The van der Waals surface area contributed by atoms with Gasteiger partial charge in [0.2, 0.25) is 0 Å². The summed E-state index contributed by atoms with van der Waals surface area (Å²) in [6.07, 6.45) is 1.56. The predicted octanol–water partition coefficient (Wildman–Crippen LogP) is 3.28. The van der Waals surface area contributed by atoms with Gasteiger partial charge in [0.1, 0.15) is 0 Å². The van der Waals surface area contributed by atoms with Crippen LogP contribution in [0.1, 0.15) is 49.5 Å². The van der Waals surface area contributed by atoms with Gasteiger partial charge in [0, 0.05) is 25.1 Å². The van der Waals surface area contributed by atoms with Gasteiger partial charge in [-0.1, -0.05) is 39.0 Å². The Morgan fingerprint density at radius 1 is 1.24 bits per heavy atom. The fraction of sp³-hybridized carbons (Fsp3) is 0.611. The maximum Gasteiger partial charge on any atom is 0.162 e. The molecule has 1 saturated heterocycles. The zero-order chi connectivity index (χ0) is 15.3. The monoisotopic (exact) mass is 289 g/mol. The van der Waals surface area contributed by atoms with Crippen molar-refractivity contribution in [1.82, 2.24) is 4.90 Å². The van der Waals surface area contributed by atoms with E-state index in [1.54, 1.807) is 0 Å². The van der Waals surface area contributed by atoms with Gasteiger partial charge in [-0.05, 0) is 30.0 Å². The molecule has 1 aliphatic rings. The van der Waals surface area contributed by atoms with Crippen LogP contribution in [0.2, 0.25) is 0 Å². The number of hydrogen-bond donors (Lipinski definition) is 0. The second-order valence-electron chi connectivity index (χ2n) is 6.81. The summed E-state index contributed by atoms with van der Waals surface area (Å²) in [5, 5.41) is 0. The molecule has 3 heteroatoms. The second-order valence-corrected chi connectivity index (χ2v) is 6.81. The van der Waals surface area contributed by atoms with Crippen molar-refractivity contribution < 1.29 is 9.53 Å². The number of morpholine rings is 1. The molecular weight excluding hydrogens is 262 g/mol. The standard InChI is InChI=1S/C18H27NO2/c1-18(2,3)16-7-4-6-15(14-16)17(20)8-5-9-19-10-12-21-13-11-19/h4,6-7,14H,5,8-13H2,1-3H3. The van der Waals surface area contributed by atoms with E-state index in [4.69, 9.17) is 4.74 Å². The van der Waals surface area contributed by atoms with E-state index in [0.29, 0.717) is 6.42 Å². The highest BCUT2D eigenvalue weighted by molar-refractivity contribution is 5.96. The van der Waals surface area contributed by atoms with E-state index in [0.717, 1.165) is 44.8 Å². The number of benzene rings is 1. The van der Waals surface area contributed by atoms with Gasteiger partial charge >= 0.3 is 0 Å². The quantitative estimate of drug-likeness (QED) is 0.779. The molecule has 21 heavy (non-hydrogen) atoms. The zero-order valence-corrected chi connectivity index (χ0v) is 13.5. The minimum absolute atomic E-state index is 0.0874. The molecule has 1 aromatic rings. The largest absolute Gasteiger partial charge is 0.379 e. The summed E-state index contributed by atoms with van der Waals surface area (Å²) in [5.74, 6) is 0.259. The fourth-order valence-corrected chi connectivity index (χ4v) is 2.59. The third-order valence-corrected chi connectivity index (χ3v) is 4.03. The van der Waals surface area contributed by atoms with Crippen molar-refractivity contribution in [2.45, 2.75) is 39.0 Å². The molecule has 1 aromatic carbocycles. The first-order valence-electron chi connectivity index (χ1n) is 7.91. The molecule has 0 saturated carbocycles. The number of nitrogens with zero attached hydrogens (tertiary/aromatic N) is 1. The number of ketones is 1. The smallest absolute Gasteiger partial charge is 0.162 e. The van der Waals surface area contributed by atoms with Gasteiger partial charge in [-0.2, -0.15) is 0 Å². The molecule has 1 heterocycles. The first-order chi connectivity index (χ1) is 9.97. The maximum absolute atomic E-state index is 12.3. The van der Waals surface area contributed by atoms with Crippen LogP contribution in [0, 0.1) is 0 Å². The van der Waals surface area contributed by atoms with Crippen molar-refractivity contribution in [2.75, 3.05) is 32.8 Å². The van der Waals surface area contributed by atoms with Crippen molar-refractivity contribution >= 4 is 5.78 Å². The summed E-state index contributed by atoms with van der Waals surface area (Å²) in [6.45, 7) is 11.2. The molecule has 0 N–H and O–H groups in total. The molecule has 0 bridgehead atoms. The Morgan fingerprint density at radius 3 is 2.62 bits per heavy atom. The van der Waals surface area contributed by atoms with Gasteiger partial charge in [0.05, 0.1) is 13.2 Å². The fourth-order valence-electron chi connectivity index (χ4n) is 2.59. The molecule has 0 aromatic heterocycles. The van der Waals surface area contributed by atoms with Gasteiger partial charge in [0.15, 0.2) is 5.78 Å². The third kappa shape index (κ3) is 4.94. The number of ether oxygens (including phenoxy) is 1. The molecule has 0 amide bonds. The summed E-state index contributed by atoms with van der Waals surface area (Å²) < 4.78 is 5.33. The van der Waals surface area contributed by atoms with Crippen molar-refractivity contribution in [3.63, 3.8) is 0 Å². The summed E-state index contributed by atoms with van der Waals surface area (Å²) in [5.41, 5.74) is 2.16. The molecule has 0 spiro atoms. The highest BCUT2D eigenvalue weighted by atomic mass is 16.5. The first kappa shape index (κ1) is 16.2. The van der Waals surface area contributed by atoms with Crippen molar-refractivity contribution in [1.29, 1.82) is 0 Å². The van der Waals surface area contributed by atoms with Gasteiger partial charge in [-0.15, -0.1) is 0 Å². The SMILES string of the molecule is CC(C)(C)c1cccc(C(=O)CCCN2CCOCC2)c1. The van der Waals surface area contributed by atoms with Crippen LogP contribution >= 0.6 is 0 Å². The Morgan fingerprint density at radius 2 is 1.95 bits per heavy atom. The number of carbonyl (C=O) groups excluding carboxylic acids is 1. The molecular formula is C18H27NO2. The van der Waals surface area contributed by atoms with Crippen LogP contribution < -0.4 is 0 Å². The second kappa shape index (κ2) is 7.19. The Kier molecular flexibility index (Phi) is 5.54. The Hall–Kier alpha value is -1.19. The van der Waals surface area contributed by atoms with Gasteiger partial charge < -0.3 is 4.74 Å². The van der Waals surface area contributed by atoms with Gasteiger partial charge in [0.25, 0.3) is 0 Å². The average Bonchev–Trinajstić information content (AvgIpc) is 2.47. The number of hydrogen-bond acceptors (Lipinski definition) is 3. The van der Waals surface area contributed by atoms with Crippen LogP contribution in [-0.2, 0) is 10.2 Å². The van der Waals surface area contributed by atoms with E-state index in [9.17, 15) is 4.79 Å². The average molecular weight is 289 g/mol. The molecule has 116 valence electrons. The van der Waals surface area contributed by atoms with E-state index >= 15 is 0 Å². The maximum atomic E-state index is 12.3. The van der Waals surface area contributed by atoms with E-state index in [1.807, 2.05) is 12.1 Å². The van der Waals surface area contributed by atoms with Crippen molar-refractivity contribution in [3.05, 3.63) is 35.4 Å². The lowest BCUT2D eigenvalue weighted by atomic mass is 9.85. The van der Waals surface area contributed by atoms with Crippen LogP contribution in [0.15, 0.2) is 24.3 Å². The van der Waals surface area contributed by atoms with Gasteiger partial charge in [-0.25, -0.2) is 0 Å². The molecule has 0 unspecified atom stereocenters. The lowest BCUT2D eigenvalue weighted by molar-refractivity contribution is 0.0371. The normalized spacial score (nSPS) is 16.9. The number of rotatable bonds is 5. The molecule has 0 aliphatic carbocycles. The van der Waals surface area contributed by atoms with E-state index < -0.39 is 0 Å². The highest BCUT2D eigenvalue weighted by Crippen LogP contribution is 2.23. The van der Waals surface area contributed by atoms with Gasteiger partial charge in [-0.3, -0.25) is 9.69 Å². The number of Topliss-reactive ketones (excluding diaryl/α,β-unsaturated/α-hetero) is 1. The lowest BCUT2D eigenvalue weighted by Crippen LogP contribution is -2.36. The van der Waals surface area contributed by atoms with Crippen LogP contribution in [0.25, 0.3) is 0 Å². The van der Waals surface area contributed by atoms with Crippen molar-refractivity contribution in [3.8, 4) is 0 Å². The molecule has 2 rings (SSSR count). The summed E-state index contributed by atoms with van der Waals surface area (Å²) >= 11 is 0. The minimum Gasteiger partial charge on any atom is -0.379 e. The summed E-state index contributed by atoms with van der Waals surface area (Å²) in [6, 6.07) is 8.09. The summed E-state index contributed by atoms with van der Waals surface area (Å²) in [4.78, 5) is 14.7. The lowest BCUT2D eigenvalue weighted by Gasteiger charge is -2.26. The zero-order valence-electron chi connectivity index (χ0n) is 13.5. The number of carbonyl (C=O) groups is 1. The topological polar surface area (TPSA) is 29.5 Å². The van der Waals surface area contributed by atoms with Crippen LogP contribution in [0.4, 0.5) is 0 Å². The third-order valence-electron chi connectivity index (χ3n) is 4.03. The highest BCUT2D eigenvalue weighted by Gasteiger charge is 2.16. The molecule has 1 aliphatic heterocycles. The van der Waals surface area contributed by atoms with E-state index in [-0.39, 0.29) is 11.2 Å². The predicted molar refractivity (Wildman–Crippen MR) is 86.0 cm³/mol. The first-order valence-corrected chi connectivity index (χ1v) is 7.91.